The zero-order valence-corrected chi connectivity index (χ0v) is 12.7. The van der Waals surface area contributed by atoms with Crippen LogP contribution in [0.3, 0.4) is 0 Å². The molecule has 0 aliphatic rings. The van der Waals surface area contributed by atoms with E-state index in [4.69, 9.17) is 5.11 Å². The van der Waals surface area contributed by atoms with Crippen molar-refractivity contribution < 1.29 is 9.90 Å². The molecule has 3 aromatic heterocycles. The Morgan fingerprint density at radius 2 is 2.00 bits per heavy atom. The van der Waals surface area contributed by atoms with Gasteiger partial charge in [0.2, 0.25) is 5.01 Å². The van der Waals surface area contributed by atoms with Gasteiger partial charge < -0.3 is 10.1 Å². The van der Waals surface area contributed by atoms with E-state index in [9.17, 15) is 4.79 Å². The van der Waals surface area contributed by atoms with Crippen LogP contribution in [0.15, 0.2) is 54.2 Å². The third-order valence-corrected chi connectivity index (χ3v) is 4.43. The first-order valence-electron chi connectivity index (χ1n) is 6.94. The first-order chi connectivity index (χ1) is 11.2. The molecular formula is C17H11N3O2S. The van der Waals surface area contributed by atoms with Crippen molar-refractivity contribution in [1.82, 2.24) is 15.0 Å². The fraction of sp³-hybridized carbons (Fsp3) is 0. The van der Waals surface area contributed by atoms with E-state index < -0.39 is 5.97 Å². The highest BCUT2D eigenvalue weighted by molar-refractivity contribution is 7.11. The first-order valence-corrected chi connectivity index (χ1v) is 7.82. The van der Waals surface area contributed by atoms with Crippen LogP contribution in [0.1, 0.15) is 9.80 Å². The lowest BCUT2D eigenvalue weighted by Crippen LogP contribution is -1.94. The maximum atomic E-state index is 11.0. The molecular weight excluding hydrogens is 310 g/mol. The number of carbonyl (C=O) groups is 1. The SMILES string of the molecule is O=C(O)c1nc(-c2c[nH]c3ncc(-c4ccccc4)cc23)cs1. The average molecular weight is 321 g/mol. The molecule has 0 aliphatic carbocycles. The van der Waals surface area contributed by atoms with Crippen molar-refractivity contribution in [2.24, 2.45) is 0 Å². The number of aromatic nitrogens is 3. The number of thiazole rings is 1. The Balaban J connectivity index is 1.86. The highest BCUT2D eigenvalue weighted by atomic mass is 32.1. The molecule has 0 aliphatic heterocycles. The number of hydrogen-bond acceptors (Lipinski definition) is 4. The summed E-state index contributed by atoms with van der Waals surface area (Å²) in [5, 5.41) is 11.8. The van der Waals surface area contributed by atoms with E-state index in [0.717, 1.165) is 39.1 Å². The molecule has 0 atom stereocenters. The fourth-order valence-electron chi connectivity index (χ4n) is 2.50. The summed E-state index contributed by atoms with van der Waals surface area (Å²) in [6, 6.07) is 12.0. The largest absolute Gasteiger partial charge is 0.476 e. The molecule has 0 fully saturated rings. The van der Waals surface area contributed by atoms with Crippen LogP contribution in [0.4, 0.5) is 0 Å². The second kappa shape index (κ2) is 5.33. The molecule has 0 spiro atoms. The van der Waals surface area contributed by atoms with E-state index in [2.05, 4.69) is 15.0 Å². The quantitative estimate of drug-likeness (QED) is 0.596. The molecule has 0 saturated heterocycles. The summed E-state index contributed by atoms with van der Waals surface area (Å²) in [6.07, 6.45) is 3.63. The Bertz CT molecular complexity index is 1010. The molecule has 3 heterocycles. The maximum absolute atomic E-state index is 11.0. The van der Waals surface area contributed by atoms with Gasteiger partial charge in [0.15, 0.2) is 0 Å². The molecule has 112 valence electrons. The molecule has 0 amide bonds. The topological polar surface area (TPSA) is 78.9 Å². The first kappa shape index (κ1) is 13.7. The maximum Gasteiger partial charge on any atom is 0.365 e. The molecule has 1 aromatic carbocycles. The lowest BCUT2D eigenvalue weighted by atomic mass is 10.1. The van der Waals surface area contributed by atoms with Crippen molar-refractivity contribution in [1.29, 1.82) is 0 Å². The molecule has 2 N–H and O–H groups in total. The van der Waals surface area contributed by atoms with Gasteiger partial charge in [0.1, 0.15) is 5.65 Å². The number of nitrogens with one attached hydrogen (secondary N) is 1. The molecule has 4 rings (SSSR count). The zero-order chi connectivity index (χ0) is 15.8. The van der Waals surface area contributed by atoms with Crippen LogP contribution >= 0.6 is 11.3 Å². The molecule has 23 heavy (non-hydrogen) atoms. The van der Waals surface area contributed by atoms with Gasteiger partial charge in [-0.1, -0.05) is 30.3 Å². The standard InChI is InChI=1S/C17H11N3O2S/c21-17(22)16-20-14(9-23-16)13-8-19-15-12(13)6-11(7-18-15)10-4-2-1-3-5-10/h1-9H,(H,18,19)(H,21,22). The van der Waals surface area contributed by atoms with Crippen molar-refractivity contribution >= 4 is 28.3 Å². The number of fused-ring (bicyclic) bond motifs is 1. The monoisotopic (exact) mass is 321 g/mol. The highest BCUT2D eigenvalue weighted by Crippen LogP contribution is 2.31. The van der Waals surface area contributed by atoms with Crippen LogP contribution < -0.4 is 0 Å². The van der Waals surface area contributed by atoms with E-state index in [1.807, 2.05) is 48.8 Å². The summed E-state index contributed by atoms with van der Waals surface area (Å²) in [4.78, 5) is 22.7. The normalized spacial score (nSPS) is 11.0. The Labute approximate surface area is 135 Å². The lowest BCUT2D eigenvalue weighted by molar-refractivity contribution is 0.0696. The van der Waals surface area contributed by atoms with Gasteiger partial charge in [-0.15, -0.1) is 11.3 Å². The van der Waals surface area contributed by atoms with E-state index >= 15 is 0 Å². The number of aromatic amines is 1. The van der Waals surface area contributed by atoms with Gasteiger partial charge in [-0.3, -0.25) is 0 Å². The Hall–Kier alpha value is -2.99. The fourth-order valence-corrected chi connectivity index (χ4v) is 3.15. The smallest absolute Gasteiger partial charge is 0.365 e. The van der Waals surface area contributed by atoms with Crippen molar-refractivity contribution in [3.05, 3.63) is 59.2 Å². The van der Waals surface area contributed by atoms with Crippen LogP contribution in [0.5, 0.6) is 0 Å². The number of aromatic carboxylic acids is 1. The molecule has 0 unspecified atom stereocenters. The molecule has 5 nitrogen and oxygen atoms in total. The molecule has 0 bridgehead atoms. The summed E-state index contributed by atoms with van der Waals surface area (Å²) in [5.74, 6) is -1.01. The summed E-state index contributed by atoms with van der Waals surface area (Å²) in [5.41, 5.74) is 4.34. The predicted octanol–water partition coefficient (Wildman–Crippen LogP) is 4.05. The number of pyridine rings is 1. The third-order valence-electron chi connectivity index (χ3n) is 3.60. The number of hydrogen-bond donors (Lipinski definition) is 2. The van der Waals surface area contributed by atoms with Gasteiger partial charge >= 0.3 is 5.97 Å². The zero-order valence-electron chi connectivity index (χ0n) is 11.9. The summed E-state index contributed by atoms with van der Waals surface area (Å²) >= 11 is 1.12. The van der Waals surface area contributed by atoms with Gasteiger partial charge in [0, 0.05) is 34.3 Å². The minimum absolute atomic E-state index is 0.0847. The van der Waals surface area contributed by atoms with Crippen molar-refractivity contribution in [3.63, 3.8) is 0 Å². The molecule has 4 aromatic rings. The Kier molecular flexibility index (Phi) is 3.17. The summed E-state index contributed by atoms with van der Waals surface area (Å²) in [7, 11) is 0. The average Bonchev–Trinajstić information content (AvgIpc) is 3.21. The van der Waals surface area contributed by atoms with Gasteiger partial charge in [-0.05, 0) is 11.6 Å². The van der Waals surface area contributed by atoms with E-state index in [0.29, 0.717) is 5.69 Å². The van der Waals surface area contributed by atoms with Gasteiger partial charge in [0.25, 0.3) is 0 Å². The van der Waals surface area contributed by atoms with Crippen LogP contribution in [-0.2, 0) is 0 Å². The molecule has 6 heteroatoms. The van der Waals surface area contributed by atoms with Crippen molar-refractivity contribution in [2.75, 3.05) is 0 Å². The number of nitrogens with zero attached hydrogens (tertiary/aromatic N) is 2. The van der Waals surface area contributed by atoms with Crippen LogP contribution in [-0.4, -0.2) is 26.0 Å². The van der Waals surface area contributed by atoms with Crippen LogP contribution in [0.25, 0.3) is 33.4 Å². The number of H-pyrrole nitrogens is 1. The predicted molar refractivity (Wildman–Crippen MR) is 89.6 cm³/mol. The summed E-state index contributed by atoms with van der Waals surface area (Å²) in [6.45, 7) is 0. The minimum atomic E-state index is -1.01. The minimum Gasteiger partial charge on any atom is -0.476 e. The Morgan fingerprint density at radius 1 is 1.17 bits per heavy atom. The number of rotatable bonds is 3. The van der Waals surface area contributed by atoms with E-state index in [-0.39, 0.29) is 5.01 Å². The van der Waals surface area contributed by atoms with Gasteiger partial charge in [-0.25, -0.2) is 14.8 Å². The van der Waals surface area contributed by atoms with E-state index in [1.54, 1.807) is 5.38 Å². The Morgan fingerprint density at radius 3 is 2.74 bits per heavy atom. The van der Waals surface area contributed by atoms with E-state index in [1.165, 1.54) is 0 Å². The lowest BCUT2D eigenvalue weighted by Gasteiger charge is -2.02. The number of carboxylic acids is 1. The van der Waals surface area contributed by atoms with Crippen molar-refractivity contribution in [3.8, 4) is 22.4 Å². The second-order valence-corrected chi connectivity index (χ2v) is 5.89. The van der Waals surface area contributed by atoms with Crippen LogP contribution in [0.2, 0.25) is 0 Å². The summed E-state index contributed by atoms with van der Waals surface area (Å²) < 4.78 is 0. The van der Waals surface area contributed by atoms with Crippen molar-refractivity contribution in [2.45, 2.75) is 0 Å². The van der Waals surface area contributed by atoms with Gasteiger partial charge in [0.05, 0.1) is 5.69 Å². The molecule has 0 radical (unpaired) electrons. The van der Waals surface area contributed by atoms with Crippen LogP contribution in [0, 0.1) is 0 Å². The highest BCUT2D eigenvalue weighted by Gasteiger charge is 2.14. The van der Waals surface area contributed by atoms with Gasteiger partial charge in [-0.2, -0.15) is 0 Å². The molecule has 0 saturated carbocycles. The second-order valence-electron chi connectivity index (χ2n) is 5.03. The number of benzene rings is 1. The third kappa shape index (κ3) is 2.39. The number of carboxylic acid groups (broad SMARTS) is 1.